The number of fused-ring (bicyclic) bond motifs is 1. The lowest BCUT2D eigenvalue weighted by Gasteiger charge is -2.28. The molecule has 9 nitrogen and oxygen atoms in total. The van der Waals surface area contributed by atoms with E-state index in [2.05, 4.69) is 10.6 Å². The summed E-state index contributed by atoms with van der Waals surface area (Å²) in [5, 5.41) is 17.2. The second-order valence-corrected chi connectivity index (χ2v) is 11.3. The topological polar surface area (TPSA) is 108 Å². The number of aliphatic imine (C=N–C) groups is 1. The minimum atomic E-state index is -0.407. The zero-order chi connectivity index (χ0) is 27.9. The Morgan fingerprint density at radius 3 is 2.60 bits per heavy atom. The minimum absolute atomic E-state index is 0.0242. The third-order valence-electron chi connectivity index (χ3n) is 8.41. The molecule has 9 heteroatoms. The summed E-state index contributed by atoms with van der Waals surface area (Å²) in [4.78, 5) is 24.2. The number of aliphatic hydroxyl groups excluding tert-OH is 1. The molecule has 3 aliphatic heterocycles. The summed E-state index contributed by atoms with van der Waals surface area (Å²) in [5.74, 6) is 1.19. The fourth-order valence-electron chi connectivity index (χ4n) is 5.63. The van der Waals surface area contributed by atoms with Crippen LogP contribution in [0.25, 0.3) is 0 Å². The van der Waals surface area contributed by atoms with Gasteiger partial charge >= 0.3 is 0 Å². The average molecular weight is 542 g/mol. The third kappa shape index (κ3) is 4.69. The van der Waals surface area contributed by atoms with Gasteiger partial charge in [0.2, 0.25) is 5.90 Å². The molecule has 0 saturated carbocycles. The fraction of sp³-hybridized carbons (Fsp3) is 0.387. The maximum atomic E-state index is 12.7. The van der Waals surface area contributed by atoms with Crippen LogP contribution in [-0.4, -0.2) is 65.8 Å². The average Bonchev–Trinajstić information content (AvgIpc) is 3.45. The van der Waals surface area contributed by atoms with E-state index in [1.807, 2.05) is 75.5 Å². The highest BCUT2D eigenvalue weighted by atomic mass is 16.5. The number of benzene rings is 2. The Kier molecular flexibility index (Phi) is 6.72. The molecule has 4 heterocycles. The Labute approximate surface area is 234 Å². The van der Waals surface area contributed by atoms with Gasteiger partial charge in [-0.05, 0) is 56.0 Å². The van der Waals surface area contributed by atoms with Crippen molar-refractivity contribution in [2.45, 2.75) is 43.8 Å². The van der Waals surface area contributed by atoms with E-state index >= 15 is 0 Å². The minimum Gasteiger partial charge on any atom is -0.475 e. The van der Waals surface area contributed by atoms with Crippen molar-refractivity contribution in [3.05, 3.63) is 83.0 Å². The molecule has 208 valence electrons. The van der Waals surface area contributed by atoms with Crippen LogP contribution in [0.5, 0.6) is 0 Å². The van der Waals surface area contributed by atoms with Gasteiger partial charge in [0.1, 0.15) is 18.0 Å². The second-order valence-electron chi connectivity index (χ2n) is 11.3. The maximum absolute atomic E-state index is 12.7. The van der Waals surface area contributed by atoms with Gasteiger partial charge in [-0.15, -0.1) is 0 Å². The van der Waals surface area contributed by atoms with Crippen LogP contribution < -0.4 is 10.6 Å². The van der Waals surface area contributed by atoms with E-state index in [1.54, 1.807) is 11.1 Å². The first-order chi connectivity index (χ1) is 19.3. The Bertz CT molecular complexity index is 1450. The SMILES string of the molecule is CN1C(=O)c2ccc(Nc3cc(N[C@H](CO)c4ccccc4)c(C4=NC5(CCOCC5)CO4)cn3)cc2C1(C)C. The number of carbonyl (C=O) groups is 1. The maximum Gasteiger partial charge on any atom is 0.254 e. The van der Waals surface area contributed by atoms with Gasteiger partial charge in [-0.1, -0.05) is 30.3 Å². The first kappa shape index (κ1) is 26.3. The van der Waals surface area contributed by atoms with Crippen molar-refractivity contribution in [2.75, 3.05) is 44.1 Å². The lowest BCUT2D eigenvalue weighted by Crippen LogP contribution is -2.35. The van der Waals surface area contributed by atoms with Crippen molar-refractivity contribution >= 4 is 29.0 Å². The molecule has 3 aliphatic rings. The van der Waals surface area contributed by atoms with Crippen molar-refractivity contribution in [3.63, 3.8) is 0 Å². The molecule has 0 bridgehead atoms. The van der Waals surface area contributed by atoms with Crippen molar-refractivity contribution in [1.29, 1.82) is 0 Å². The van der Waals surface area contributed by atoms with Gasteiger partial charge in [0.15, 0.2) is 0 Å². The van der Waals surface area contributed by atoms with Gasteiger partial charge in [-0.2, -0.15) is 0 Å². The second kappa shape index (κ2) is 10.2. The first-order valence-electron chi connectivity index (χ1n) is 13.7. The van der Waals surface area contributed by atoms with Crippen LogP contribution in [0.15, 0.2) is 65.8 Å². The number of aliphatic hydroxyl groups is 1. The molecular weight excluding hydrogens is 506 g/mol. The van der Waals surface area contributed by atoms with Crippen molar-refractivity contribution in [2.24, 2.45) is 4.99 Å². The molecule has 1 fully saturated rings. The number of anilines is 3. The van der Waals surface area contributed by atoms with Crippen LogP contribution in [0.2, 0.25) is 0 Å². The van der Waals surface area contributed by atoms with E-state index in [-0.39, 0.29) is 24.1 Å². The number of pyridine rings is 1. The quantitative estimate of drug-likeness (QED) is 0.401. The van der Waals surface area contributed by atoms with Crippen LogP contribution in [-0.2, 0) is 15.0 Å². The van der Waals surface area contributed by atoms with Gasteiger partial charge in [-0.25, -0.2) is 9.98 Å². The summed E-state index contributed by atoms with van der Waals surface area (Å²) in [6.45, 7) is 5.86. The highest BCUT2D eigenvalue weighted by molar-refractivity contribution is 6.01. The molecule has 2 aromatic carbocycles. The summed E-state index contributed by atoms with van der Waals surface area (Å²) in [5.41, 5.74) is 4.31. The molecule has 1 atom stereocenters. The predicted molar refractivity (Wildman–Crippen MR) is 154 cm³/mol. The molecule has 6 rings (SSSR count). The van der Waals surface area contributed by atoms with Crippen molar-refractivity contribution < 1.29 is 19.4 Å². The molecule has 1 spiro atoms. The third-order valence-corrected chi connectivity index (χ3v) is 8.41. The van der Waals surface area contributed by atoms with E-state index in [0.29, 0.717) is 31.5 Å². The number of aromatic nitrogens is 1. The molecule has 1 aromatic heterocycles. The highest BCUT2D eigenvalue weighted by Gasteiger charge is 2.41. The molecule has 1 amide bonds. The van der Waals surface area contributed by atoms with Crippen molar-refractivity contribution in [3.8, 4) is 0 Å². The normalized spacial score (nSPS) is 19.6. The number of ether oxygens (including phenoxy) is 2. The van der Waals surface area contributed by atoms with E-state index in [4.69, 9.17) is 19.5 Å². The zero-order valence-electron chi connectivity index (χ0n) is 23.1. The molecule has 3 N–H and O–H groups in total. The van der Waals surface area contributed by atoms with Gasteiger partial charge in [0.25, 0.3) is 5.91 Å². The van der Waals surface area contributed by atoms with Crippen molar-refractivity contribution in [1.82, 2.24) is 9.88 Å². The summed E-state index contributed by atoms with van der Waals surface area (Å²) in [6, 6.07) is 17.2. The lowest BCUT2D eigenvalue weighted by atomic mass is 9.92. The molecule has 40 heavy (non-hydrogen) atoms. The van der Waals surface area contributed by atoms with Gasteiger partial charge in [-0.3, -0.25) is 4.79 Å². The van der Waals surface area contributed by atoms with Crippen LogP contribution in [0, 0.1) is 0 Å². The number of carbonyl (C=O) groups excluding carboxylic acids is 1. The Balaban J connectivity index is 1.34. The zero-order valence-corrected chi connectivity index (χ0v) is 23.1. The number of hydrogen-bond acceptors (Lipinski definition) is 8. The molecule has 3 aromatic rings. The summed E-state index contributed by atoms with van der Waals surface area (Å²) >= 11 is 0. The Morgan fingerprint density at radius 1 is 1.07 bits per heavy atom. The summed E-state index contributed by atoms with van der Waals surface area (Å²) in [7, 11) is 1.83. The lowest BCUT2D eigenvalue weighted by molar-refractivity contribution is 0.0442. The standard InChI is InChI=1S/C31H35N5O4/c1-30(2)24-15-21(9-10-22(24)29(38)36(30)3)33-27-16-25(34-26(18-37)20-7-5-4-6-8-20)23(17-32-27)28-35-31(19-40-28)11-13-39-14-12-31/h4-10,15-17,26,37H,11-14,18-19H2,1-3H3,(H2,32,33,34)/t26-/m1/s1. The molecule has 0 aliphatic carbocycles. The highest BCUT2D eigenvalue weighted by Crippen LogP contribution is 2.39. The van der Waals surface area contributed by atoms with Gasteiger partial charge in [0.05, 0.1) is 29.4 Å². The molecule has 1 saturated heterocycles. The van der Waals surface area contributed by atoms with E-state index in [9.17, 15) is 9.90 Å². The van der Waals surface area contributed by atoms with Crippen LogP contribution in [0.4, 0.5) is 17.2 Å². The predicted octanol–water partition coefficient (Wildman–Crippen LogP) is 4.62. The van der Waals surface area contributed by atoms with E-state index in [1.165, 1.54) is 0 Å². The fourth-order valence-corrected chi connectivity index (χ4v) is 5.63. The van der Waals surface area contributed by atoms with E-state index < -0.39 is 5.54 Å². The molecule has 0 unspecified atom stereocenters. The van der Waals surface area contributed by atoms with Gasteiger partial charge < -0.3 is 30.1 Å². The van der Waals surface area contributed by atoms with Gasteiger partial charge in [0, 0.05) is 43.8 Å². The van der Waals surface area contributed by atoms with Crippen LogP contribution >= 0.6 is 0 Å². The molecular formula is C31H35N5O4. The Hall–Kier alpha value is -3.95. The molecule has 0 radical (unpaired) electrons. The number of amides is 1. The first-order valence-corrected chi connectivity index (χ1v) is 13.7. The summed E-state index contributed by atoms with van der Waals surface area (Å²) in [6.07, 6.45) is 3.40. The number of rotatable bonds is 7. The largest absolute Gasteiger partial charge is 0.475 e. The monoisotopic (exact) mass is 541 g/mol. The number of hydrogen-bond donors (Lipinski definition) is 3. The van der Waals surface area contributed by atoms with Crippen LogP contribution in [0.3, 0.4) is 0 Å². The summed E-state index contributed by atoms with van der Waals surface area (Å²) < 4.78 is 11.7. The number of nitrogens with one attached hydrogen (secondary N) is 2. The number of nitrogens with zero attached hydrogens (tertiary/aromatic N) is 3. The smallest absolute Gasteiger partial charge is 0.254 e. The van der Waals surface area contributed by atoms with Crippen LogP contribution in [0.1, 0.15) is 59.8 Å². The Morgan fingerprint density at radius 2 is 1.85 bits per heavy atom. The van der Waals surface area contributed by atoms with E-state index in [0.717, 1.165) is 46.5 Å².